The molecule has 0 N–H and O–H groups in total. The first-order valence-corrected chi connectivity index (χ1v) is 7.62. The predicted molar refractivity (Wildman–Crippen MR) is 87.2 cm³/mol. The van der Waals surface area contributed by atoms with Crippen molar-refractivity contribution in [3.05, 3.63) is 50.4 Å². The number of aromatic nitrogens is 1. The molecular formula is C15H16Cl2N2O3. The normalized spacial score (nSPS) is 11.0. The van der Waals surface area contributed by atoms with E-state index < -0.39 is 11.6 Å². The molecule has 0 aliphatic carbocycles. The Kier molecular flexibility index (Phi) is 4.98. The molecule has 0 aliphatic heterocycles. The molecule has 2 aromatic rings. The van der Waals surface area contributed by atoms with Crippen molar-refractivity contribution in [2.45, 2.75) is 33.2 Å². The molecule has 0 fully saturated rings. The molecule has 118 valence electrons. The van der Waals surface area contributed by atoms with E-state index in [1.807, 2.05) is 13.8 Å². The summed E-state index contributed by atoms with van der Waals surface area (Å²) in [5, 5.41) is 0.502. The number of halogens is 2. The second-order valence-electron chi connectivity index (χ2n) is 5.00. The molecule has 7 heteroatoms. The molecule has 0 spiro atoms. The van der Waals surface area contributed by atoms with Gasteiger partial charge in [-0.1, -0.05) is 34.9 Å². The Morgan fingerprint density at radius 1 is 1.27 bits per heavy atom. The minimum Gasteiger partial charge on any atom is -0.370 e. The van der Waals surface area contributed by atoms with E-state index >= 15 is 0 Å². The third kappa shape index (κ3) is 3.05. The number of hydrogen-bond acceptors (Lipinski definition) is 3. The number of aryl methyl sites for hydroxylation is 1. The van der Waals surface area contributed by atoms with Gasteiger partial charge < -0.3 is 4.52 Å². The highest BCUT2D eigenvalue weighted by Gasteiger charge is 2.26. The zero-order valence-corrected chi connectivity index (χ0v) is 14.0. The van der Waals surface area contributed by atoms with E-state index in [0.717, 1.165) is 0 Å². The maximum absolute atomic E-state index is 12.7. The maximum atomic E-state index is 12.7. The van der Waals surface area contributed by atoms with Crippen LogP contribution in [-0.2, 0) is 6.42 Å². The SMILES string of the molecule is CCc1on(C(=O)N(c2ccc(Cl)cc2)C(C)C)c(=O)c1Cl. The number of carbonyl (C=O) groups excluding carboxylic acids is 1. The van der Waals surface area contributed by atoms with Crippen molar-refractivity contribution in [2.75, 3.05) is 4.90 Å². The molecule has 1 aromatic heterocycles. The molecular weight excluding hydrogens is 327 g/mol. The molecule has 0 atom stereocenters. The van der Waals surface area contributed by atoms with Crippen molar-refractivity contribution in [1.29, 1.82) is 0 Å². The van der Waals surface area contributed by atoms with Gasteiger partial charge in [-0.25, -0.2) is 4.79 Å². The Balaban J connectivity index is 2.48. The fourth-order valence-corrected chi connectivity index (χ4v) is 2.45. The van der Waals surface area contributed by atoms with Crippen molar-refractivity contribution >= 4 is 34.9 Å². The lowest BCUT2D eigenvalue weighted by Crippen LogP contribution is -2.42. The highest BCUT2D eigenvalue weighted by molar-refractivity contribution is 6.31. The van der Waals surface area contributed by atoms with E-state index in [1.54, 1.807) is 31.2 Å². The zero-order chi connectivity index (χ0) is 16.4. The fraction of sp³-hybridized carbons (Fsp3) is 0.333. The van der Waals surface area contributed by atoms with Crippen LogP contribution in [0.2, 0.25) is 10.0 Å². The van der Waals surface area contributed by atoms with Crippen molar-refractivity contribution in [2.24, 2.45) is 0 Å². The number of hydrogen-bond donors (Lipinski definition) is 0. The molecule has 0 bridgehead atoms. The van der Waals surface area contributed by atoms with Gasteiger partial charge in [-0.3, -0.25) is 9.69 Å². The van der Waals surface area contributed by atoms with E-state index in [-0.39, 0.29) is 11.1 Å². The molecule has 22 heavy (non-hydrogen) atoms. The molecule has 0 saturated heterocycles. The summed E-state index contributed by atoms with van der Waals surface area (Å²) < 4.78 is 5.98. The minimum atomic E-state index is -0.650. The van der Waals surface area contributed by atoms with E-state index in [2.05, 4.69) is 0 Å². The minimum absolute atomic E-state index is 0.0596. The first kappa shape index (κ1) is 16.6. The van der Waals surface area contributed by atoms with Crippen molar-refractivity contribution < 1.29 is 9.32 Å². The fourth-order valence-electron chi connectivity index (χ4n) is 2.07. The van der Waals surface area contributed by atoms with E-state index in [9.17, 15) is 9.59 Å². The average molecular weight is 343 g/mol. The van der Waals surface area contributed by atoms with Crippen LogP contribution in [0.4, 0.5) is 10.5 Å². The van der Waals surface area contributed by atoms with Gasteiger partial charge in [-0.15, -0.1) is 0 Å². The molecule has 1 aromatic carbocycles. The summed E-state index contributed by atoms with van der Waals surface area (Å²) in [6.07, 6.45) is 0.428. The van der Waals surface area contributed by atoms with Gasteiger partial charge in [0.2, 0.25) is 0 Å². The number of amides is 1. The highest BCUT2D eigenvalue weighted by Crippen LogP contribution is 2.22. The number of benzene rings is 1. The van der Waals surface area contributed by atoms with E-state index in [0.29, 0.717) is 27.6 Å². The zero-order valence-electron chi connectivity index (χ0n) is 12.5. The summed E-state index contributed by atoms with van der Waals surface area (Å²) in [4.78, 5) is 26.2. The topological polar surface area (TPSA) is 55.5 Å². The Labute approximate surface area is 138 Å². The van der Waals surface area contributed by atoms with Crippen LogP contribution in [0.25, 0.3) is 0 Å². The average Bonchev–Trinajstić information content (AvgIpc) is 2.77. The first-order chi connectivity index (χ1) is 10.4. The molecule has 5 nitrogen and oxygen atoms in total. The first-order valence-electron chi connectivity index (χ1n) is 6.86. The van der Waals surface area contributed by atoms with Crippen LogP contribution >= 0.6 is 23.2 Å². The van der Waals surface area contributed by atoms with Crippen LogP contribution in [-0.4, -0.2) is 16.8 Å². The van der Waals surface area contributed by atoms with Gasteiger partial charge in [-0.05, 0) is 38.1 Å². The molecule has 0 saturated carbocycles. The number of carbonyl (C=O) groups is 1. The van der Waals surface area contributed by atoms with Crippen molar-refractivity contribution in [3.8, 4) is 0 Å². The van der Waals surface area contributed by atoms with Gasteiger partial charge in [0.1, 0.15) is 0 Å². The van der Waals surface area contributed by atoms with E-state index in [4.69, 9.17) is 27.7 Å². The summed E-state index contributed by atoms with van der Waals surface area (Å²) >= 11 is 11.8. The summed E-state index contributed by atoms with van der Waals surface area (Å²) in [6, 6.07) is 5.98. The third-order valence-corrected chi connectivity index (χ3v) is 3.77. The number of nitrogens with zero attached hydrogens (tertiary/aromatic N) is 2. The lowest BCUT2D eigenvalue weighted by Gasteiger charge is -2.25. The smallest absolute Gasteiger partial charge is 0.365 e. The van der Waals surface area contributed by atoms with Gasteiger partial charge in [0.15, 0.2) is 10.8 Å². The Hall–Kier alpha value is -1.72. The molecule has 0 unspecified atom stereocenters. The summed E-state index contributed by atoms with van der Waals surface area (Å²) in [6.45, 7) is 5.46. The highest BCUT2D eigenvalue weighted by atomic mass is 35.5. The van der Waals surface area contributed by atoms with Gasteiger partial charge in [-0.2, -0.15) is 0 Å². The Morgan fingerprint density at radius 3 is 2.32 bits per heavy atom. The Morgan fingerprint density at radius 2 is 1.86 bits per heavy atom. The third-order valence-electron chi connectivity index (χ3n) is 3.14. The summed E-state index contributed by atoms with van der Waals surface area (Å²) in [7, 11) is 0. The van der Waals surface area contributed by atoms with Gasteiger partial charge in [0, 0.05) is 23.2 Å². The Bertz CT molecular complexity index is 732. The van der Waals surface area contributed by atoms with Crippen molar-refractivity contribution in [3.63, 3.8) is 0 Å². The van der Waals surface area contributed by atoms with Crippen LogP contribution in [0.5, 0.6) is 0 Å². The lowest BCUT2D eigenvalue weighted by atomic mass is 10.2. The van der Waals surface area contributed by atoms with Gasteiger partial charge in [0.05, 0.1) is 0 Å². The van der Waals surface area contributed by atoms with E-state index in [1.165, 1.54) is 4.90 Å². The maximum Gasteiger partial charge on any atom is 0.365 e. The lowest BCUT2D eigenvalue weighted by molar-refractivity contribution is 0.209. The predicted octanol–water partition coefficient (Wildman–Crippen LogP) is 4.19. The van der Waals surface area contributed by atoms with Crippen LogP contribution in [0, 0.1) is 0 Å². The standard InChI is InChI=1S/C15H16Cl2N2O3/c1-4-12-13(17)14(20)19(22-12)15(21)18(9(2)3)11-7-5-10(16)6-8-11/h5-9H,4H2,1-3H3. The molecule has 0 aliphatic rings. The van der Waals surface area contributed by atoms with Crippen LogP contribution in [0.3, 0.4) is 0 Å². The molecule has 1 amide bonds. The second-order valence-corrected chi connectivity index (χ2v) is 5.82. The van der Waals surface area contributed by atoms with Gasteiger partial charge >= 0.3 is 11.6 Å². The van der Waals surface area contributed by atoms with Crippen LogP contribution in [0.1, 0.15) is 26.5 Å². The van der Waals surface area contributed by atoms with Crippen molar-refractivity contribution in [1.82, 2.24) is 4.74 Å². The quantitative estimate of drug-likeness (QED) is 0.840. The van der Waals surface area contributed by atoms with Crippen LogP contribution in [0.15, 0.2) is 33.6 Å². The molecule has 0 radical (unpaired) electrons. The number of rotatable bonds is 3. The van der Waals surface area contributed by atoms with Gasteiger partial charge in [0.25, 0.3) is 0 Å². The second kappa shape index (κ2) is 6.58. The largest absolute Gasteiger partial charge is 0.370 e. The molecule has 1 heterocycles. The molecule has 2 rings (SSSR count). The van der Waals surface area contributed by atoms with Crippen LogP contribution < -0.4 is 10.5 Å². The monoisotopic (exact) mass is 342 g/mol. The number of anilines is 1. The summed E-state index contributed by atoms with van der Waals surface area (Å²) in [5.74, 6) is 0.292. The summed E-state index contributed by atoms with van der Waals surface area (Å²) in [5.41, 5.74) is -0.0370.